The summed E-state index contributed by atoms with van der Waals surface area (Å²) in [5.74, 6) is 0. The van der Waals surface area contributed by atoms with E-state index in [9.17, 15) is 0 Å². The highest BCUT2D eigenvalue weighted by atomic mass is 15.1. The van der Waals surface area contributed by atoms with Gasteiger partial charge in [-0.2, -0.15) is 0 Å². The Morgan fingerprint density at radius 3 is 1.88 bits per heavy atom. The maximum absolute atomic E-state index is 3.46. The molecule has 2 heterocycles. The summed E-state index contributed by atoms with van der Waals surface area (Å²) in [5, 5.41) is 6.91. The van der Waals surface area contributed by atoms with Crippen LogP contribution in [0.2, 0.25) is 0 Å². The predicted molar refractivity (Wildman–Crippen MR) is 32.8 cm³/mol. The van der Waals surface area contributed by atoms with Gasteiger partial charge in [-0.05, 0) is 25.9 Å². The molecule has 0 aromatic heterocycles. The van der Waals surface area contributed by atoms with Crippen molar-refractivity contribution in [2.75, 3.05) is 13.1 Å². The fourth-order valence-electron chi connectivity index (χ4n) is 1.74. The molecule has 2 atom stereocenters. The Balaban J connectivity index is 2.04. The summed E-state index contributed by atoms with van der Waals surface area (Å²) in [6, 6.07) is 1.63. The maximum Gasteiger partial charge on any atom is 0.0233 e. The summed E-state index contributed by atoms with van der Waals surface area (Å²) in [6.45, 7) is 2.45. The second kappa shape index (κ2) is 1.71. The molecule has 2 fully saturated rings. The van der Waals surface area contributed by atoms with Gasteiger partial charge in [0, 0.05) is 12.1 Å². The molecule has 0 aromatic carbocycles. The lowest BCUT2D eigenvalue weighted by Gasteiger charge is -2.05. The molecule has 0 radical (unpaired) electrons. The van der Waals surface area contributed by atoms with Gasteiger partial charge in [0.2, 0.25) is 0 Å². The first-order valence-corrected chi connectivity index (χ1v) is 3.43. The normalized spacial score (nSPS) is 45.0. The summed E-state index contributed by atoms with van der Waals surface area (Å²) >= 11 is 0. The number of nitrogens with one attached hydrogen (secondary N) is 2. The first-order chi connectivity index (χ1) is 3.97. The van der Waals surface area contributed by atoms with E-state index in [0.717, 1.165) is 12.1 Å². The first-order valence-electron chi connectivity index (χ1n) is 3.43. The molecule has 0 aromatic rings. The molecule has 2 aliphatic rings. The average molecular weight is 112 g/mol. The van der Waals surface area contributed by atoms with Gasteiger partial charge < -0.3 is 10.6 Å². The SMILES string of the molecule is C1CC2NCCC2N1. The summed E-state index contributed by atoms with van der Waals surface area (Å²) in [6.07, 6.45) is 2.68. The van der Waals surface area contributed by atoms with Crippen LogP contribution in [0.25, 0.3) is 0 Å². The standard InChI is InChI=1S/C6H12N2/c1-3-7-6-2-4-8-5(1)6/h5-8H,1-4H2. The van der Waals surface area contributed by atoms with Crippen LogP contribution in [0.4, 0.5) is 0 Å². The molecule has 0 saturated carbocycles. The zero-order valence-corrected chi connectivity index (χ0v) is 4.98. The van der Waals surface area contributed by atoms with E-state index in [1.54, 1.807) is 0 Å². The van der Waals surface area contributed by atoms with Gasteiger partial charge in [-0.25, -0.2) is 0 Å². The van der Waals surface area contributed by atoms with Crippen LogP contribution < -0.4 is 10.6 Å². The first kappa shape index (κ1) is 4.77. The van der Waals surface area contributed by atoms with Crippen LogP contribution in [0.5, 0.6) is 0 Å². The molecule has 2 rings (SSSR count). The van der Waals surface area contributed by atoms with Crippen LogP contribution >= 0.6 is 0 Å². The third kappa shape index (κ3) is 0.565. The summed E-state index contributed by atoms with van der Waals surface area (Å²) in [5.41, 5.74) is 0. The molecule has 2 heteroatoms. The Kier molecular flexibility index (Phi) is 1.02. The van der Waals surface area contributed by atoms with Crippen LogP contribution in [-0.4, -0.2) is 25.2 Å². The fraction of sp³-hybridized carbons (Fsp3) is 1.00. The molecular weight excluding hydrogens is 100 g/mol. The molecule has 8 heavy (non-hydrogen) atoms. The highest BCUT2D eigenvalue weighted by Crippen LogP contribution is 2.14. The summed E-state index contributed by atoms with van der Waals surface area (Å²) < 4.78 is 0. The highest BCUT2D eigenvalue weighted by Gasteiger charge is 2.29. The molecule has 2 saturated heterocycles. The Labute approximate surface area is 49.7 Å². The maximum atomic E-state index is 3.46. The lowest BCUT2D eigenvalue weighted by atomic mass is 10.1. The quantitative estimate of drug-likeness (QED) is 0.450. The lowest BCUT2D eigenvalue weighted by Crippen LogP contribution is -2.29. The van der Waals surface area contributed by atoms with E-state index in [2.05, 4.69) is 10.6 Å². The Morgan fingerprint density at radius 1 is 0.875 bits per heavy atom. The smallest absolute Gasteiger partial charge is 0.0233 e. The van der Waals surface area contributed by atoms with Gasteiger partial charge in [0.1, 0.15) is 0 Å². The number of hydrogen-bond acceptors (Lipinski definition) is 2. The highest BCUT2D eigenvalue weighted by molar-refractivity contribution is 4.94. The summed E-state index contributed by atoms with van der Waals surface area (Å²) in [4.78, 5) is 0. The van der Waals surface area contributed by atoms with Crippen LogP contribution in [0, 0.1) is 0 Å². The molecule has 0 amide bonds. The molecule has 0 bridgehead atoms. The van der Waals surface area contributed by atoms with Crippen LogP contribution in [0.1, 0.15) is 12.8 Å². The Bertz CT molecular complexity index is 72.5. The van der Waals surface area contributed by atoms with E-state index in [1.165, 1.54) is 25.9 Å². The minimum Gasteiger partial charge on any atom is -0.312 e. The van der Waals surface area contributed by atoms with Crippen molar-refractivity contribution >= 4 is 0 Å². The second-order valence-electron chi connectivity index (χ2n) is 2.70. The van der Waals surface area contributed by atoms with Gasteiger partial charge in [0.15, 0.2) is 0 Å². The fourth-order valence-corrected chi connectivity index (χ4v) is 1.74. The zero-order valence-electron chi connectivity index (χ0n) is 4.98. The zero-order chi connectivity index (χ0) is 5.40. The molecule has 2 nitrogen and oxygen atoms in total. The average Bonchev–Trinajstić information content (AvgIpc) is 2.15. The van der Waals surface area contributed by atoms with Gasteiger partial charge in [0.25, 0.3) is 0 Å². The van der Waals surface area contributed by atoms with E-state index in [1.807, 2.05) is 0 Å². The van der Waals surface area contributed by atoms with E-state index >= 15 is 0 Å². The number of fused-ring (bicyclic) bond motifs is 1. The molecule has 2 N–H and O–H groups in total. The van der Waals surface area contributed by atoms with Crippen molar-refractivity contribution < 1.29 is 0 Å². The third-order valence-corrected chi connectivity index (χ3v) is 2.21. The molecule has 0 aliphatic carbocycles. The largest absolute Gasteiger partial charge is 0.312 e. The number of rotatable bonds is 0. The Hall–Kier alpha value is -0.0800. The predicted octanol–water partition coefficient (Wildman–Crippen LogP) is -0.290. The van der Waals surface area contributed by atoms with Crippen molar-refractivity contribution in [1.82, 2.24) is 10.6 Å². The van der Waals surface area contributed by atoms with Gasteiger partial charge in [-0.1, -0.05) is 0 Å². The molecule has 2 aliphatic heterocycles. The van der Waals surface area contributed by atoms with Gasteiger partial charge in [-0.3, -0.25) is 0 Å². The van der Waals surface area contributed by atoms with Crippen molar-refractivity contribution in [2.45, 2.75) is 24.9 Å². The van der Waals surface area contributed by atoms with Gasteiger partial charge >= 0.3 is 0 Å². The minimum atomic E-state index is 0.815. The van der Waals surface area contributed by atoms with Crippen molar-refractivity contribution in [3.63, 3.8) is 0 Å². The van der Waals surface area contributed by atoms with E-state index in [-0.39, 0.29) is 0 Å². The van der Waals surface area contributed by atoms with Crippen molar-refractivity contribution in [2.24, 2.45) is 0 Å². The van der Waals surface area contributed by atoms with E-state index in [4.69, 9.17) is 0 Å². The van der Waals surface area contributed by atoms with E-state index in [0.29, 0.717) is 0 Å². The van der Waals surface area contributed by atoms with Gasteiger partial charge in [-0.15, -0.1) is 0 Å². The van der Waals surface area contributed by atoms with Gasteiger partial charge in [0.05, 0.1) is 0 Å². The van der Waals surface area contributed by atoms with Crippen LogP contribution in [0.3, 0.4) is 0 Å². The van der Waals surface area contributed by atoms with Crippen molar-refractivity contribution in [3.8, 4) is 0 Å². The molecule has 46 valence electrons. The lowest BCUT2D eigenvalue weighted by molar-refractivity contribution is 0.576. The Morgan fingerprint density at radius 2 is 1.38 bits per heavy atom. The second-order valence-corrected chi connectivity index (χ2v) is 2.70. The monoisotopic (exact) mass is 112 g/mol. The molecule has 2 unspecified atom stereocenters. The molecular formula is C6H12N2. The van der Waals surface area contributed by atoms with Crippen LogP contribution in [0.15, 0.2) is 0 Å². The van der Waals surface area contributed by atoms with Crippen molar-refractivity contribution in [1.29, 1.82) is 0 Å². The molecule has 0 spiro atoms. The topological polar surface area (TPSA) is 24.1 Å². The van der Waals surface area contributed by atoms with E-state index < -0.39 is 0 Å². The number of hydrogen-bond donors (Lipinski definition) is 2. The minimum absolute atomic E-state index is 0.815. The van der Waals surface area contributed by atoms with Crippen molar-refractivity contribution in [3.05, 3.63) is 0 Å². The summed E-state index contributed by atoms with van der Waals surface area (Å²) in [7, 11) is 0. The third-order valence-electron chi connectivity index (χ3n) is 2.21. The van der Waals surface area contributed by atoms with Crippen LogP contribution in [-0.2, 0) is 0 Å².